The third-order valence-electron chi connectivity index (χ3n) is 3.08. The number of hydrogen-bond donors (Lipinski definition) is 2. The predicted octanol–water partition coefficient (Wildman–Crippen LogP) is 2.31. The first-order chi connectivity index (χ1) is 8.51. The molecule has 2 unspecified atom stereocenters. The molecule has 0 aromatic heterocycles. The Balaban J connectivity index is 2.97. The third kappa shape index (κ3) is 3.37. The fourth-order valence-corrected chi connectivity index (χ4v) is 2.14. The van der Waals surface area contributed by atoms with Crippen LogP contribution in [0.3, 0.4) is 0 Å². The van der Waals surface area contributed by atoms with Gasteiger partial charge in [-0.1, -0.05) is 6.07 Å². The van der Waals surface area contributed by atoms with Crippen molar-refractivity contribution in [1.29, 1.82) is 0 Å². The maximum atomic E-state index is 9.90. The number of ether oxygens (including phenoxy) is 1. The first-order valence-electron chi connectivity index (χ1n) is 6.27. The minimum absolute atomic E-state index is 0.130. The van der Waals surface area contributed by atoms with E-state index in [1.807, 2.05) is 6.07 Å². The standard InChI is InChI=1S/C14H23NO3/c1-5-15(10(2)9-18-4)12-6-7-13(11(3)16)14(17)8-12/h6-8,10-11,16-17H,5,9H2,1-4H3. The highest BCUT2D eigenvalue weighted by Crippen LogP contribution is 2.29. The largest absolute Gasteiger partial charge is 0.507 e. The van der Waals surface area contributed by atoms with Crippen molar-refractivity contribution in [2.24, 2.45) is 0 Å². The fraction of sp³-hybridized carbons (Fsp3) is 0.571. The number of hydrogen-bond acceptors (Lipinski definition) is 4. The van der Waals surface area contributed by atoms with Crippen LogP contribution in [-0.4, -0.2) is 36.5 Å². The van der Waals surface area contributed by atoms with Crippen molar-refractivity contribution < 1.29 is 14.9 Å². The van der Waals surface area contributed by atoms with E-state index < -0.39 is 6.10 Å². The van der Waals surface area contributed by atoms with Crippen LogP contribution < -0.4 is 4.90 Å². The highest BCUT2D eigenvalue weighted by Gasteiger charge is 2.15. The second-order valence-corrected chi connectivity index (χ2v) is 4.51. The number of anilines is 1. The van der Waals surface area contributed by atoms with Crippen molar-refractivity contribution >= 4 is 5.69 Å². The number of phenolic OH excluding ortho intramolecular Hbond substituents is 1. The van der Waals surface area contributed by atoms with E-state index in [1.54, 1.807) is 26.2 Å². The molecule has 0 saturated heterocycles. The summed E-state index contributed by atoms with van der Waals surface area (Å²) in [4.78, 5) is 2.15. The van der Waals surface area contributed by atoms with Crippen LogP contribution in [0.1, 0.15) is 32.4 Å². The topological polar surface area (TPSA) is 52.9 Å². The summed E-state index contributed by atoms with van der Waals surface area (Å²) in [5.41, 5.74) is 1.48. The summed E-state index contributed by atoms with van der Waals surface area (Å²) in [7, 11) is 1.68. The Labute approximate surface area is 109 Å². The molecule has 0 fully saturated rings. The summed E-state index contributed by atoms with van der Waals surface area (Å²) >= 11 is 0. The molecule has 0 aliphatic rings. The van der Waals surface area contributed by atoms with Gasteiger partial charge in [0.1, 0.15) is 5.75 Å². The van der Waals surface area contributed by atoms with Gasteiger partial charge in [-0.05, 0) is 26.8 Å². The van der Waals surface area contributed by atoms with E-state index in [4.69, 9.17) is 4.74 Å². The number of phenols is 1. The van der Waals surface area contributed by atoms with Gasteiger partial charge in [-0.2, -0.15) is 0 Å². The summed E-state index contributed by atoms with van der Waals surface area (Å²) in [5, 5.41) is 19.4. The summed E-state index contributed by atoms with van der Waals surface area (Å²) in [6, 6.07) is 5.60. The number of methoxy groups -OCH3 is 1. The van der Waals surface area contributed by atoms with Gasteiger partial charge in [0.2, 0.25) is 0 Å². The van der Waals surface area contributed by atoms with Crippen LogP contribution in [0.2, 0.25) is 0 Å². The molecule has 2 atom stereocenters. The van der Waals surface area contributed by atoms with Gasteiger partial charge < -0.3 is 19.8 Å². The first kappa shape index (κ1) is 14.8. The molecular weight excluding hydrogens is 230 g/mol. The molecule has 1 rings (SSSR count). The number of rotatable bonds is 6. The lowest BCUT2D eigenvalue weighted by atomic mass is 10.1. The maximum Gasteiger partial charge on any atom is 0.123 e. The van der Waals surface area contributed by atoms with Crippen molar-refractivity contribution in [1.82, 2.24) is 0 Å². The van der Waals surface area contributed by atoms with Gasteiger partial charge in [-0.3, -0.25) is 0 Å². The Bertz CT molecular complexity index is 379. The summed E-state index contributed by atoms with van der Waals surface area (Å²) in [6.45, 7) is 7.24. The van der Waals surface area contributed by atoms with E-state index in [1.165, 1.54) is 0 Å². The molecule has 102 valence electrons. The smallest absolute Gasteiger partial charge is 0.123 e. The SMILES string of the molecule is CCN(c1ccc(C(C)O)c(O)c1)C(C)COC. The first-order valence-corrected chi connectivity index (χ1v) is 6.27. The van der Waals surface area contributed by atoms with Crippen LogP contribution in [0, 0.1) is 0 Å². The van der Waals surface area contributed by atoms with Crippen LogP contribution >= 0.6 is 0 Å². The predicted molar refractivity (Wildman–Crippen MR) is 73.1 cm³/mol. The number of aromatic hydroxyl groups is 1. The van der Waals surface area contributed by atoms with E-state index in [2.05, 4.69) is 18.7 Å². The molecule has 4 heteroatoms. The van der Waals surface area contributed by atoms with Crippen molar-refractivity contribution in [3.05, 3.63) is 23.8 Å². The van der Waals surface area contributed by atoms with E-state index in [-0.39, 0.29) is 11.8 Å². The van der Waals surface area contributed by atoms with Gasteiger partial charge in [0, 0.05) is 37.0 Å². The molecule has 1 aromatic rings. The molecule has 18 heavy (non-hydrogen) atoms. The molecule has 2 N–H and O–H groups in total. The lowest BCUT2D eigenvalue weighted by Gasteiger charge is -2.30. The highest BCUT2D eigenvalue weighted by atomic mass is 16.5. The van der Waals surface area contributed by atoms with E-state index >= 15 is 0 Å². The molecule has 0 aliphatic carbocycles. The van der Waals surface area contributed by atoms with Crippen LogP contribution in [0.4, 0.5) is 5.69 Å². The molecule has 1 aromatic carbocycles. The van der Waals surface area contributed by atoms with Crippen LogP contribution in [0.25, 0.3) is 0 Å². The number of aliphatic hydroxyl groups is 1. The zero-order valence-corrected chi connectivity index (χ0v) is 11.6. The average molecular weight is 253 g/mol. The van der Waals surface area contributed by atoms with Crippen molar-refractivity contribution in [3.8, 4) is 5.75 Å². The molecular formula is C14H23NO3. The molecule has 0 radical (unpaired) electrons. The molecule has 0 heterocycles. The fourth-order valence-electron chi connectivity index (χ4n) is 2.14. The van der Waals surface area contributed by atoms with Crippen molar-refractivity contribution in [2.45, 2.75) is 32.9 Å². The quantitative estimate of drug-likeness (QED) is 0.817. The molecule has 0 aliphatic heterocycles. The number of likely N-dealkylation sites (N-methyl/N-ethyl adjacent to an activating group) is 1. The van der Waals surface area contributed by atoms with Crippen molar-refractivity contribution in [3.63, 3.8) is 0 Å². The van der Waals surface area contributed by atoms with Gasteiger partial charge in [0.25, 0.3) is 0 Å². The summed E-state index contributed by atoms with van der Waals surface area (Å²) in [5.74, 6) is 0.130. The lowest BCUT2D eigenvalue weighted by Crippen LogP contribution is -2.36. The Morgan fingerprint density at radius 2 is 2.00 bits per heavy atom. The number of nitrogens with zero attached hydrogens (tertiary/aromatic N) is 1. The monoisotopic (exact) mass is 253 g/mol. The van der Waals surface area contributed by atoms with Gasteiger partial charge in [-0.25, -0.2) is 0 Å². The lowest BCUT2D eigenvalue weighted by molar-refractivity contribution is 0.182. The van der Waals surface area contributed by atoms with Crippen LogP contribution in [0.15, 0.2) is 18.2 Å². The second-order valence-electron chi connectivity index (χ2n) is 4.51. The van der Waals surface area contributed by atoms with Crippen LogP contribution in [0.5, 0.6) is 5.75 Å². The Kier molecular flexibility index (Phi) is 5.44. The van der Waals surface area contributed by atoms with E-state index in [0.717, 1.165) is 12.2 Å². The average Bonchev–Trinajstić information content (AvgIpc) is 2.29. The summed E-state index contributed by atoms with van der Waals surface area (Å²) in [6.07, 6.45) is -0.662. The highest BCUT2D eigenvalue weighted by molar-refractivity contribution is 5.54. The molecule has 4 nitrogen and oxygen atoms in total. The van der Waals surface area contributed by atoms with Gasteiger partial charge in [0.05, 0.1) is 12.7 Å². The number of aliphatic hydroxyl groups excluding tert-OH is 1. The minimum Gasteiger partial charge on any atom is -0.507 e. The second kappa shape index (κ2) is 6.61. The molecule has 0 bridgehead atoms. The van der Waals surface area contributed by atoms with E-state index in [9.17, 15) is 10.2 Å². The maximum absolute atomic E-state index is 9.90. The third-order valence-corrected chi connectivity index (χ3v) is 3.08. The Morgan fingerprint density at radius 3 is 2.44 bits per heavy atom. The van der Waals surface area contributed by atoms with Crippen molar-refractivity contribution in [2.75, 3.05) is 25.2 Å². The summed E-state index contributed by atoms with van der Waals surface area (Å²) < 4.78 is 5.16. The van der Waals surface area contributed by atoms with E-state index in [0.29, 0.717) is 12.2 Å². The Morgan fingerprint density at radius 1 is 1.33 bits per heavy atom. The van der Waals surface area contributed by atoms with Crippen LogP contribution in [-0.2, 0) is 4.74 Å². The normalized spacial score (nSPS) is 14.3. The van der Waals surface area contributed by atoms with Gasteiger partial charge in [-0.15, -0.1) is 0 Å². The van der Waals surface area contributed by atoms with Gasteiger partial charge in [0.15, 0.2) is 0 Å². The number of benzene rings is 1. The minimum atomic E-state index is -0.662. The van der Waals surface area contributed by atoms with Gasteiger partial charge >= 0.3 is 0 Å². The molecule has 0 saturated carbocycles. The zero-order valence-electron chi connectivity index (χ0n) is 11.6. The Hall–Kier alpha value is -1.26. The zero-order chi connectivity index (χ0) is 13.7. The molecule has 0 spiro atoms. The molecule has 0 amide bonds.